The maximum atomic E-state index is 12.8. The van der Waals surface area contributed by atoms with Crippen LogP contribution in [0.3, 0.4) is 0 Å². The molecule has 1 aromatic heterocycles. The molecule has 3 rings (SSSR count). The molecule has 1 aliphatic heterocycles. The molecule has 2 heterocycles. The molecular formula is C18H23N3O3S. The summed E-state index contributed by atoms with van der Waals surface area (Å²) in [4.78, 5) is 12.6. The third-order valence-corrected chi connectivity index (χ3v) is 6.49. The number of para-hydroxylation sites is 1. The largest absolute Gasteiger partial charge is 0.345 e. The van der Waals surface area contributed by atoms with Gasteiger partial charge in [0.15, 0.2) is 0 Å². The summed E-state index contributed by atoms with van der Waals surface area (Å²) in [5.41, 5.74) is 0.982. The predicted octanol–water partition coefficient (Wildman–Crippen LogP) is 2.70. The van der Waals surface area contributed by atoms with Crippen LogP contribution in [0.1, 0.15) is 30.3 Å². The van der Waals surface area contributed by atoms with E-state index in [0.29, 0.717) is 30.4 Å². The average Bonchev–Trinajstić information content (AvgIpc) is 2.99. The van der Waals surface area contributed by atoms with Crippen LogP contribution in [-0.2, 0) is 17.1 Å². The van der Waals surface area contributed by atoms with Crippen molar-refractivity contribution in [2.24, 2.45) is 13.0 Å². The van der Waals surface area contributed by atoms with Gasteiger partial charge >= 0.3 is 0 Å². The smallest absolute Gasteiger partial charge is 0.272 e. The van der Waals surface area contributed by atoms with Crippen LogP contribution in [0.15, 0.2) is 47.5 Å². The number of rotatable bonds is 4. The second-order valence-corrected chi connectivity index (χ2v) is 8.52. The molecule has 1 N–H and O–H groups in total. The van der Waals surface area contributed by atoms with E-state index in [4.69, 9.17) is 0 Å². The van der Waals surface area contributed by atoms with Gasteiger partial charge in [-0.1, -0.05) is 25.1 Å². The van der Waals surface area contributed by atoms with Crippen LogP contribution in [0.25, 0.3) is 0 Å². The molecular weight excluding hydrogens is 338 g/mol. The summed E-state index contributed by atoms with van der Waals surface area (Å²) in [6.07, 6.45) is 3.24. The molecule has 0 unspecified atom stereocenters. The Hall–Kier alpha value is -2.12. The Morgan fingerprint density at radius 3 is 2.44 bits per heavy atom. The summed E-state index contributed by atoms with van der Waals surface area (Å²) in [6, 6.07) is 10.5. The lowest BCUT2D eigenvalue weighted by Gasteiger charge is -2.29. The van der Waals surface area contributed by atoms with Gasteiger partial charge in [-0.15, -0.1) is 0 Å². The maximum Gasteiger partial charge on any atom is 0.272 e. The summed E-state index contributed by atoms with van der Waals surface area (Å²) < 4.78 is 28.7. The van der Waals surface area contributed by atoms with E-state index in [2.05, 4.69) is 12.2 Å². The standard InChI is InChI=1S/C18H23N3O3S/c1-14-8-10-21(11-9-14)25(23,24)16-12-17(20(2)13-16)18(22)19-15-6-4-3-5-7-15/h3-7,12-14H,8-11H2,1-2H3,(H,19,22). The SMILES string of the molecule is CC1CCN(S(=O)(=O)c2cc(C(=O)Nc3ccccc3)n(C)c2)CC1. The summed E-state index contributed by atoms with van der Waals surface area (Å²) in [6.45, 7) is 3.20. The number of nitrogens with zero attached hydrogens (tertiary/aromatic N) is 2. The summed E-state index contributed by atoms with van der Waals surface area (Å²) in [7, 11) is -1.88. The second kappa shape index (κ2) is 7.01. The molecule has 0 bridgehead atoms. The third-order valence-electron chi connectivity index (χ3n) is 4.62. The first kappa shape index (κ1) is 17.7. The zero-order chi connectivity index (χ0) is 18.0. The normalized spacial score (nSPS) is 16.7. The fourth-order valence-corrected chi connectivity index (χ4v) is 4.53. The number of hydrogen-bond acceptors (Lipinski definition) is 3. The van der Waals surface area contributed by atoms with Gasteiger partial charge in [0.25, 0.3) is 5.91 Å². The zero-order valence-corrected chi connectivity index (χ0v) is 15.3. The van der Waals surface area contributed by atoms with Crippen molar-refractivity contribution < 1.29 is 13.2 Å². The number of hydrogen-bond donors (Lipinski definition) is 1. The van der Waals surface area contributed by atoms with Crippen LogP contribution in [-0.4, -0.2) is 36.3 Å². The first-order valence-electron chi connectivity index (χ1n) is 8.41. The third kappa shape index (κ3) is 3.77. The molecule has 0 atom stereocenters. The fraction of sp³-hybridized carbons (Fsp3) is 0.389. The van der Waals surface area contributed by atoms with E-state index in [-0.39, 0.29) is 10.8 Å². The molecule has 0 spiro atoms. The minimum absolute atomic E-state index is 0.169. The lowest BCUT2D eigenvalue weighted by Crippen LogP contribution is -2.37. The van der Waals surface area contributed by atoms with Crippen LogP contribution < -0.4 is 5.32 Å². The van der Waals surface area contributed by atoms with Gasteiger partial charge in [0.05, 0.1) is 0 Å². The highest BCUT2D eigenvalue weighted by molar-refractivity contribution is 7.89. The number of carbonyl (C=O) groups excluding carboxylic acids is 1. The van der Waals surface area contributed by atoms with Crippen molar-refractivity contribution in [3.63, 3.8) is 0 Å². The van der Waals surface area contributed by atoms with Gasteiger partial charge in [-0.25, -0.2) is 8.42 Å². The topological polar surface area (TPSA) is 71.4 Å². The van der Waals surface area contributed by atoms with E-state index in [0.717, 1.165) is 12.8 Å². The van der Waals surface area contributed by atoms with E-state index in [9.17, 15) is 13.2 Å². The molecule has 1 fully saturated rings. The van der Waals surface area contributed by atoms with E-state index >= 15 is 0 Å². The van der Waals surface area contributed by atoms with Crippen molar-refractivity contribution in [3.8, 4) is 0 Å². The fourth-order valence-electron chi connectivity index (χ4n) is 2.99. The summed E-state index contributed by atoms with van der Waals surface area (Å²) in [5, 5.41) is 2.78. The number of amides is 1. The Morgan fingerprint density at radius 2 is 1.80 bits per heavy atom. The van der Waals surface area contributed by atoms with Crippen molar-refractivity contribution in [2.45, 2.75) is 24.7 Å². The molecule has 1 aliphatic rings. The monoisotopic (exact) mass is 361 g/mol. The Labute approximate surface area is 148 Å². The Morgan fingerprint density at radius 1 is 1.16 bits per heavy atom. The molecule has 0 saturated carbocycles. The molecule has 1 aromatic carbocycles. The van der Waals surface area contributed by atoms with Gasteiger partial charge in [-0.2, -0.15) is 4.31 Å². The van der Waals surface area contributed by atoms with E-state index < -0.39 is 10.0 Å². The maximum absolute atomic E-state index is 12.8. The van der Waals surface area contributed by atoms with Gasteiger partial charge < -0.3 is 9.88 Å². The Bertz CT molecular complexity index is 851. The Kier molecular flexibility index (Phi) is 4.96. The zero-order valence-electron chi connectivity index (χ0n) is 14.5. The minimum atomic E-state index is -3.56. The highest BCUT2D eigenvalue weighted by Crippen LogP contribution is 2.24. The van der Waals surface area contributed by atoms with Crippen LogP contribution in [0.2, 0.25) is 0 Å². The quantitative estimate of drug-likeness (QED) is 0.910. The van der Waals surface area contributed by atoms with Gasteiger partial charge in [-0.3, -0.25) is 4.79 Å². The number of aryl methyl sites for hydroxylation is 1. The molecule has 134 valence electrons. The number of anilines is 1. The van der Waals surface area contributed by atoms with Crippen molar-refractivity contribution in [3.05, 3.63) is 48.3 Å². The second-order valence-electron chi connectivity index (χ2n) is 6.58. The van der Waals surface area contributed by atoms with Crippen LogP contribution in [0.5, 0.6) is 0 Å². The van der Waals surface area contributed by atoms with Gasteiger partial charge in [-0.05, 0) is 37.0 Å². The lowest BCUT2D eigenvalue weighted by atomic mass is 10.0. The highest BCUT2D eigenvalue weighted by Gasteiger charge is 2.30. The molecule has 25 heavy (non-hydrogen) atoms. The number of piperidine rings is 1. The van der Waals surface area contributed by atoms with Crippen molar-refractivity contribution >= 4 is 21.6 Å². The van der Waals surface area contributed by atoms with Gasteiger partial charge in [0.1, 0.15) is 10.6 Å². The van der Waals surface area contributed by atoms with Crippen molar-refractivity contribution in [1.29, 1.82) is 0 Å². The van der Waals surface area contributed by atoms with E-state index in [1.165, 1.54) is 16.6 Å². The van der Waals surface area contributed by atoms with Gasteiger partial charge in [0.2, 0.25) is 10.0 Å². The number of sulfonamides is 1. The molecule has 0 radical (unpaired) electrons. The molecule has 7 heteroatoms. The summed E-state index contributed by atoms with van der Waals surface area (Å²) in [5.74, 6) is 0.219. The number of nitrogens with one attached hydrogen (secondary N) is 1. The molecule has 6 nitrogen and oxygen atoms in total. The van der Waals surface area contributed by atoms with Crippen LogP contribution >= 0.6 is 0 Å². The van der Waals surface area contributed by atoms with Crippen LogP contribution in [0, 0.1) is 5.92 Å². The number of carbonyl (C=O) groups is 1. The molecule has 2 aromatic rings. The summed E-state index contributed by atoms with van der Waals surface area (Å²) >= 11 is 0. The number of aromatic nitrogens is 1. The molecule has 0 aliphatic carbocycles. The average molecular weight is 361 g/mol. The predicted molar refractivity (Wildman–Crippen MR) is 97.0 cm³/mol. The Balaban J connectivity index is 1.81. The van der Waals surface area contributed by atoms with Gasteiger partial charge in [0, 0.05) is 32.0 Å². The first-order valence-corrected chi connectivity index (χ1v) is 9.85. The molecule has 1 amide bonds. The molecule has 1 saturated heterocycles. The lowest BCUT2D eigenvalue weighted by molar-refractivity contribution is 0.101. The highest BCUT2D eigenvalue weighted by atomic mass is 32.2. The van der Waals surface area contributed by atoms with Crippen molar-refractivity contribution in [1.82, 2.24) is 8.87 Å². The van der Waals surface area contributed by atoms with Crippen molar-refractivity contribution in [2.75, 3.05) is 18.4 Å². The van der Waals surface area contributed by atoms with E-state index in [1.807, 2.05) is 18.2 Å². The number of benzene rings is 1. The van der Waals surface area contributed by atoms with Crippen LogP contribution in [0.4, 0.5) is 5.69 Å². The minimum Gasteiger partial charge on any atom is -0.345 e. The van der Waals surface area contributed by atoms with E-state index in [1.54, 1.807) is 23.7 Å². The first-order chi connectivity index (χ1) is 11.9.